The Morgan fingerprint density at radius 1 is 1.22 bits per heavy atom. The number of anilines is 1. The van der Waals surface area contributed by atoms with E-state index in [0.29, 0.717) is 16.9 Å². The Bertz CT molecular complexity index is 563. The minimum atomic E-state index is -1.24. The van der Waals surface area contributed by atoms with Gasteiger partial charge >= 0.3 is 0 Å². The van der Waals surface area contributed by atoms with Crippen LogP contribution in [0.3, 0.4) is 0 Å². The molecule has 0 bridgehead atoms. The molecular weight excluding hydrogens is 228 g/mol. The number of phenolic OH excluding ortho intramolecular Hbond substituents is 1. The van der Waals surface area contributed by atoms with Gasteiger partial charge in [-0.15, -0.1) is 0 Å². The standard InChI is InChI=1S/C14H16N2O2/c1-9-7-12(13(15)16-8-9)14(2,18)10-3-5-11(17)6-4-10/h3-8,17-18H,1-2H3,(H2,15,16). The summed E-state index contributed by atoms with van der Waals surface area (Å²) in [7, 11) is 0. The lowest BCUT2D eigenvalue weighted by atomic mass is 9.88. The summed E-state index contributed by atoms with van der Waals surface area (Å²) in [5.41, 5.74) is 6.73. The third-order valence-corrected chi connectivity index (χ3v) is 3.01. The van der Waals surface area contributed by atoms with E-state index in [2.05, 4.69) is 4.98 Å². The summed E-state index contributed by atoms with van der Waals surface area (Å²) in [6.45, 7) is 3.55. The Morgan fingerprint density at radius 2 is 1.83 bits per heavy atom. The van der Waals surface area contributed by atoms with Crippen LogP contribution in [-0.2, 0) is 5.60 Å². The Balaban J connectivity index is 2.53. The highest BCUT2D eigenvalue weighted by atomic mass is 16.3. The second kappa shape index (κ2) is 4.31. The first-order valence-corrected chi connectivity index (χ1v) is 5.66. The molecule has 0 amide bonds. The van der Waals surface area contributed by atoms with Crippen molar-refractivity contribution in [2.24, 2.45) is 0 Å². The highest BCUT2D eigenvalue weighted by Crippen LogP contribution is 2.33. The highest BCUT2D eigenvalue weighted by molar-refractivity contribution is 5.49. The van der Waals surface area contributed by atoms with Crippen LogP contribution in [-0.4, -0.2) is 15.2 Å². The lowest BCUT2D eigenvalue weighted by Gasteiger charge is -2.25. The topological polar surface area (TPSA) is 79.4 Å². The number of benzene rings is 1. The molecule has 4 nitrogen and oxygen atoms in total. The molecule has 1 aromatic heterocycles. The molecule has 0 aliphatic carbocycles. The van der Waals surface area contributed by atoms with Crippen LogP contribution in [0.4, 0.5) is 5.82 Å². The van der Waals surface area contributed by atoms with E-state index >= 15 is 0 Å². The molecule has 1 unspecified atom stereocenters. The summed E-state index contributed by atoms with van der Waals surface area (Å²) in [6.07, 6.45) is 1.66. The number of aromatic hydroxyl groups is 1. The summed E-state index contributed by atoms with van der Waals surface area (Å²) >= 11 is 0. The smallest absolute Gasteiger partial charge is 0.129 e. The van der Waals surface area contributed by atoms with Crippen LogP contribution in [0.5, 0.6) is 5.75 Å². The van der Waals surface area contributed by atoms with Crippen molar-refractivity contribution in [3.63, 3.8) is 0 Å². The van der Waals surface area contributed by atoms with Gasteiger partial charge in [0.2, 0.25) is 0 Å². The van der Waals surface area contributed by atoms with E-state index in [-0.39, 0.29) is 5.75 Å². The number of rotatable bonds is 2. The van der Waals surface area contributed by atoms with Crippen LogP contribution in [0.1, 0.15) is 23.6 Å². The van der Waals surface area contributed by atoms with E-state index in [4.69, 9.17) is 5.73 Å². The zero-order valence-corrected chi connectivity index (χ0v) is 10.4. The van der Waals surface area contributed by atoms with Crippen LogP contribution >= 0.6 is 0 Å². The van der Waals surface area contributed by atoms with Crippen molar-refractivity contribution in [1.82, 2.24) is 4.98 Å². The first kappa shape index (κ1) is 12.4. The van der Waals surface area contributed by atoms with Gasteiger partial charge in [-0.25, -0.2) is 4.98 Å². The number of hydrogen-bond acceptors (Lipinski definition) is 4. The predicted octanol–water partition coefficient (Wildman–Crippen LogP) is 1.93. The minimum Gasteiger partial charge on any atom is -0.508 e. The number of aliphatic hydroxyl groups is 1. The number of nitrogens with zero attached hydrogens (tertiary/aromatic N) is 1. The maximum Gasteiger partial charge on any atom is 0.129 e. The fraction of sp³-hybridized carbons (Fsp3) is 0.214. The summed E-state index contributed by atoms with van der Waals surface area (Å²) in [6, 6.07) is 8.20. The van der Waals surface area contributed by atoms with Gasteiger partial charge < -0.3 is 15.9 Å². The molecule has 0 aliphatic heterocycles. The summed E-state index contributed by atoms with van der Waals surface area (Å²) in [4.78, 5) is 4.06. The molecule has 4 N–H and O–H groups in total. The zero-order chi connectivity index (χ0) is 13.3. The van der Waals surface area contributed by atoms with Crippen LogP contribution < -0.4 is 5.73 Å². The third-order valence-electron chi connectivity index (χ3n) is 3.01. The first-order valence-electron chi connectivity index (χ1n) is 5.66. The predicted molar refractivity (Wildman–Crippen MR) is 70.2 cm³/mol. The Labute approximate surface area is 106 Å². The van der Waals surface area contributed by atoms with E-state index in [0.717, 1.165) is 5.56 Å². The first-order chi connectivity index (χ1) is 8.41. The maximum absolute atomic E-state index is 10.7. The largest absolute Gasteiger partial charge is 0.508 e. The molecule has 18 heavy (non-hydrogen) atoms. The van der Waals surface area contributed by atoms with Crippen LogP contribution in [0, 0.1) is 6.92 Å². The molecule has 0 radical (unpaired) electrons. The molecule has 1 aromatic carbocycles. The molecule has 0 saturated carbocycles. The van der Waals surface area contributed by atoms with E-state index < -0.39 is 5.60 Å². The van der Waals surface area contributed by atoms with Crippen molar-refractivity contribution >= 4 is 5.82 Å². The van der Waals surface area contributed by atoms with Gasteiger partial charge in [0.15, 0.2) is 0 Å². The molecule has 2 rings (SSSR count). The average molecular weight is 244 g/mol. The maximum atomic E-state index is 10.7. The van der Waals surface area contributed by atoms with Gasteiger partial charge in [-0.1, -0.05) is 12.1 Å². The van der Waals surface area contributed by atoms with E-state index in [1.54, 1.807) is 25.3 Å². The lowest BCUT2D eigenvalue weighted by Crippen LogP contribution is -2.24. The number of nitrogens with two attached hydrogens (primary N) is 1. The molecule has 94 valence electrons. The monoisotopic (exact) mass is 244 g/mol. The van der Waals surface area contributed by atoms with Gasteiger partial charge in [0.25, 0.3) is 0 Å². The van der Waals surface area contributed by atoms with Gasteiger partial charge in [-0.3, -0.25) is 0 Å². The molecule has 0 fully saturated rings. The fourth-order valence-electron chi connectivity index (χ4n) is 1.91. The molecule has 0 spiro atoms. The van der Waals surface area contributed by atoms with Crippen molar-refractivity contribution in [2.45, 2.75) is 19.4 Å². The molecule has 0 aliphatic rings. The quantitative estimate of drug-likeness (QED) is 0.754. The SMILES string of the molecule is Cc1cnc(N)c(C(C)(O)c2ccc(O)cc2)c1. The number of aryl methyl sites for hydroxylation is 1. The van der Waals surface area contributed by atoms with Crippen LogP contribution in [0.2, 0.25) is 0 Å². The summed E-state index contributed by atoms with van der Waals surface area (Å²) < 4.78 is 0. The van der Waals surface area contributed by atoms with Crippen LogP contribution in [0.15, 0.2) is 36.5 Å². The van der Waals surface area contributed by atoms with Crippen molar-refractivity contribution < 1.29 is 10.2 Å². The lowest BCUT2D eigenvalue weighted by molar-refractivity contribution is 0.103. The molecular formula is C14H16N2O2. The average Bonchev–Trinajstić information content (AvgIpc) is 2.32. The van der Waals surface area contributed by atoms with Gasteiger partial charge in [-0.05, 0) is 43.2 Å². The molecule has 4 heteroatoms. The summed E-state index contributed by atoms with van der Waals surface area (Å²) in [5.74, 6) is 0.462. The molecule has 1 heterocycles. The van der Waals surface area contributed by atoms with Gasteiger partial charge in [-0.2, -0.15) is 0 Å². The Morgan fingerprint density at radius 3 is 2.44 bits per heavy atom. The molecule has 0 saturated heterocycles. The van der Waals surface area contributed by atoms with E-state index in [1.165, 1.54) is 12.1 Å². The fourth-order valence-corrected chi connectivity index (χ4v) is 1.91. The van der Waals surface area contributed by atoms with E-state index in [1.807, 2.05) is 13.0 Å². The molecule has 2 aromatic rings. The van der Waals surface area contributed by atoms with Gasteiger partial charge in [0.05, 0.1) is 0 Å². The Hall–Kier alpha value is -2.07. The normalized spacial score (nSPS) is 14.2. The van der Waals surface area contributed by atoms with Crippen molar-refractivity contribution in [3.05, 3.63) is 53.2 Å². The minimum absolute atomic E-state index is 0.157. The van der Waals surface area contributed by atoms with Crippen molar-refractivity contribution in [2.75, 3.05) is 5.73 Å². The van der Waals surface area contributed by atoms with Crippen LogP contribution in [0.25, 0.3) is 0 Å². The van der Waals surface area contributed by atoms with Gasteiger partial charge in [0, 0.05) is 11.8 Å². The van der Waals surface area contributed by atoms with Crippen molar-refractivity contribution in [1.29, 1.82) is 0 Å². The number of nitrogen functional groups attached to an aromatic ring is 1. The van der Waals surface area contributed by atoms with E-state index in [9.17, 15) is 10.2 Å². The summed E-state index contributed by atoms with van der Waals surface area (Å²) in [5, 5.41) is 19.9. The van der Waals surface area contributed by atoms with Gasteiger partial charge in [0.1, 0.15) is 17.2 Å². The zero-order valence-electron chi connectivity index (χ0n) is 10.4. The van der Waals surface area contributed by atoms with Crippen molar-refractivity contribution in [3.8, 4) is 5.75 Å². The second-order valence-corrected chi connectivity index (χ2v) is 4.56. The number of aromatic nitrogens is 1. The number of pyridine rings is 1. The highest BCUT2D eigenvalue weighted by Gasteiger charge is 2.28. The second-order valence-electron chi connectivity index (χ2n) is 4.56. The Kier molecular flexibility index (Phi) is 2.97. The number of hydrogen-bond donors (Lipinski definition) is 3. The third kappa shape index (κ3) is 2.15. The molecule has 1 atom stereocenters. The number of phenols is 1.